The van der Waals surface area contributed by atoms with E-state index in [1.807, 2.05) is 67.6 Å². The molecule has 1 aliphatic rings. The van der Waals surface area contributed by atoms with Gasteiger partial charge < -0.3 is 4.74 Å². The Bertz CT molecular complexity index is 1030. The summed E-state index contributed by atoms with van der Waals surface area (Å²) < 4.78 is 5.59. The fourth-order valence-electron chi connectivity index (χ4n) is 3.27. The van der Waals surface area contributed by atoms with Crippen molar-refractivity contribution < 1.29 is 14.3 Å². The van der Waals surface area contributed by atoms with Gasteiger partial charge in [-0.05, 0) is 54.7 Å². The lowest BCUT2D eigenvalue weighted by molar-refractivity contribution is -0.140. The molecule has 0 radical (unpaired) electrons. The Morgan fingerprint density at radius 1 is 1.03 bits per heavy atom. The van der Waals surface area contributed by atoms with Crippen molar-refractivity contribution in [1.82, 2.24) is 4.90 Å². The van der Waals surface area contributed by atoms with Crippen molar-refractivity contribution >= 4 is 17.9 Å². The molecule has 2 aromatic carbocycles. The summed E-state index contributed by atoms with van der Waals surface area (Å²) in [4.78, 5) is 27.0. The molecule has 0 unspecified atom stereocenters. The minimum Gasteiger partial charge on any atom is -0.494 e. The van der Waals surface area contributed by atoms with Crippen molar-refractivity contribution in [3.05, 3.63) is 82.4 Å². The quantitative estimate of drug-likeness (QED) is 0.513. The van der Waals surface area contributed by atoms with E-state index in [4.69, 9.17) is 4.74 Å². The summed E-state index contributed by atoms with van der Waals surface area (Å²) in [7, 11) is 0. The van der Waals surface area contributed by atoms with Crippen LogP contribution < -0.4 is 4.74 Å². The van der Waals surface area contributed by atoms with E-state index in [0.29, 0.717) is 24.2 Å². The Labute approximate surface area is 176 Å². The van der Waals surface area contributed by atoms with E-state index in [2.05, 4.69) is 0 Å². The maximum absolute atomic E-state index is 13.1. The molecule has 3 rings (SSSR count). The summed E-state index contributed by atoms with van der Waals surface area (Å²) in [6.07, 6.45) is 3.18. The predicted octanol–water partition coefficient (Wildman–Crippen LogP) is 4.31. The van der Waals surface area contributed by atoms with Gasteiger partial charge in [0.1, 0.15) is 17.4 Å². The zero-order valence-electron chi connectivity index (χ0n) is 17.2. The lowest BCUT2D eigenvalue weighted by Crippen LogP contribution is -2.43. The van der Waals surface area contributed by atoms with Crippen LogP contribution in [-0.2, 0) is 16.0 Å². The van der Waals surface area contributed by atoms with Crippen molar-refractivity contribution in [1.29, 1.82) is 5.26 Å². The van der Waals surface area contributed by atoms with E-state index >= 15 is 0 Å². The van der Waals surface area contributed by atoms with Gasteiger partial charge in [0.15, 0.2) is 0 Å². The number of amides is 2. The maximum atomic E-state index is 13.1. The zero-order valence-corrected chi connectivity index (χ0v) is 17.2. The standard InChI is InChI=1S/C25H24N2O3/c1-3-15-30-21-11-9-20(10-12-21)16-22-18(2)23(17-26)25(29)27(24(22)28)14-13-19-7-5-4-6-8-19/h4-12,16H,3,13-15H2,1-2H3/b22-16+. The molecule has 0 saturated carbocycles. The van der Waals surface area contributed by atoms with Gasteiger partial charge in [-0.3, -0.25) is 14.5 Å². The van der Waals surface area contributed by atoms with Gasteiger partial charge in [-0.25, -0.2) is 0 Å². The van der Waals surface area contributed by atoms with Crippen LogP contribution in [0.1, 0.15) is 31.4 Å². The van der Waals surface area contributed by atoms with Crippen LogP contribution in [0.3, 0.4) is 0 Å². The van der Waals surface area contributed by atoms with E-state index in [-0.39, 0.29) is 18.0 Å². The average Bonchev–Trinajstić information content (AvgIpc) is 2.77. The molecule has 5 nitrogen and oxygen atoms in total. The molecule has 0 fully saturated rings. The van der Waals surface area contributed by atoms with Crippen molar-refractivity contribution in [2.45, 2.75) is 26.7 Å². The molecular weight excluding hydrogens is 376 g/mol. The van der Waals surface area contributed by atoms with E-state index in [1.165, 1.54) is 4.90 Å². The van der Waals surface area contributed by atoms with Gasteiger partial charge in [-0.15, -0.1) is 0 Å². The molecule has 0 bridgehead atoms. The highest BCUT2D eigenvalue weighted by molar-refractivity contribution is 6.19. The molecule has 5 heteroatoms. The van der Waals surface area contributed by atoms with Crippen molar-refractivity contribution in [2.24, 2.45) is 0 Å². The first-order valence-electron chi connectivity index (χ1n) is 10.0. The summed E-state index contributed by atoms with van der Waals surface area (Å²) in [5, 5.41) is 9.51. The normalized spacial score (nSPS) is 15.5. The van der Waals surface area contributed by atoms with E-state index < -0.39 is 5.91 Å². The lowest BCUT2D eigenvalue weighted by atomic mass is 9.93. The molecule has 2 amide bonds. The third kappa shape index (κ3) is 4.66. The molecule has 152 valence electrons. The van der Waals surface area contributed by atoms with Gasteiger partial charge in [0, 0.05) is 12.1 Å². The smallest absolute Gasteiger partial charge is 0.271 e. The second-order valence-corrected chi connectivity index (χ2v) is 7.08. The number of carbonyl (C=O) groups is 2. The van der Waals surface area contributed by atoms with Crippen molar-refractivity contribution in [3.8, 4) is 11.8 Å². The number of benzene rings is 2. The predicted molar refractivity (Wildman–Crippen MR) is 115 cm³/mol. The molecule has 1 heterocycles. The van der Waals surface area contributed by atoms with Crippen LogP contribution in [0, 0.1) is 11.3 Å². The monoisotopic (exact) mass is 400 g/mol. The van der Waals surface area contributed by atoms with Crippen LogP contribution in [0.2, 0.25) is 0 Å². The van der Waals surface area contributed by atoms with Crippen LogP contribution in [0.25, 0.3) is 6.08 Å². The number of imide groups is 1. The number of hydrogen-bond donors (Lipinski definition) is 0. The van der Waals surface area contributed by atoms with Gasteiger partial charge in [-0.2, -0.15) is 5.26 Å². The number of nitrogens with zero attached hydrogens (tertiary/aromatic N) is 2. The minimum atomic E-state index is -0.531. The van der Waals surface area contributed by atoms with Crippen LogP contribution >= 0.6 is 0 Å². The molecule has 2 aromatic rings. The van der Waals surface area contributed by atoms with Crippen LogP contribution in [0.15, 0.2) is 71.3 Å². The summed E-state index contributed by atoms with van der Waals surface area (Å²) in [6.45, 7) is 4.56. The average molecular weight is 400 g/mol. The molecule has 0 aromatic heterocycles. The number of nitriles is 1. The topological polar surface area (TPSA) is 70.4 Å². The van der Waals surface area contributed by atoms with Crippen molar-refractivity contribution in [3.63, 3.8) is 0 Å². The largest absolute Gasteiger partial charge is 0.494 e. The second-order valence-electron chi connectivity index (χ2n) is 7.08. The zero-order chi connectivity index (χ0) is 21.5. The van der Waals surface area contributed by atoms with E-state index in [0.717, 1.165) is 23.3 Å². The molecule has 0 saturated heterocycles. The van der Waals surface area contributed by atoms with Gasteiger partial charge in [0.25, 0.3) is 11.8 Å². The highest BCUT2D eigenvalue weighted by atomic mass is 16.5. The minimum absolute atomic E-state index is 0.0109. The van der Waals surface area contributed by atoms with Gasteiger partial charge in [0.2, 0.25) is 0 Å². The molecule has 0 atom stereocenters. The molecular formula is C25H24N2O3. The van der Waals surface area contributed by atoms with Crippen LogP contribution in [0.4, 0.5) is 0 Å². The first-order chi connectivity index (χ1) is 14.5. The van der Waals surface area contributed by atoms with Gasteiger partial charge in [-0.1, -0.05) is 49.4 Å². The van der Waals surface area contributed by atoms with Crippen LogP contribution in [-0.4, -0.2) is 29.9 Å². The molecule has 0 aliphatic carbocycles. The van der Waals surface area contributed by atoms with Gasteiger partial charge >= 0.3 is 0 Å². The molecule has 0 N–H and O–H groups in total. The molecule has 1 aliphatic heterocycles. The Hall–Kier alpha value is -3.65. The SMILES string of the molecule is CCCOc1ccc(/C=C2/C(=O)N(CCc3ccccc3)C(=O)C(C#N)=C2C)cc1. The summed E-state index contributed by atoms with van der Waals surface area (Å²) in [5.41, 5.74) is 2.61. The Balaban J connectivity index is 1.88. The molecule has 30 heavy (non-hydrogen) atoms. The maximum Gasteiger partial charge on any atom is 0.271 e. The second kappa shape index (κ2) is 9.71. The fourth-order valence-corrected chi connectivity index (χ4v) is 3.27. The van der Waals surface area contributed by atoms with Crippen molar-refractivity contribution in [2.75, 3.05) is 13.2 Å². The number of rotatable bonds is 7. The highest BCUT2D eigenvalue weighted by Gasteiger charge is 2.35. The number of ether oxygens (including phenoxy) is 1. The number of carbonyl (C=O) groups excluding carboxylic acids is 2. The first kappa shape index (κ1) is 21.1. The van der Waals surface area contributed by atoms with E-state index in [9.17, 15) is 14.9 Å². The Morgan fingerprint density at radius 2 is 1.73 bits per heavy atom. The van der Waals surface area contributed by atoms with Gasteiger partial charge in [0.05, 0.1) is 6.61 Å². The van der Waals surface area contributed by atoms with E-state index in [1.54, 1.807) is 13.0 Å². The Kier molecular flexibility index (Phi) is 6.82. The third-order valence-electron chi connectivity index (χ3n) is 4.96. The summed E-state index contributed by atoms with van der Waals surface area (Å²) in [6, 6.07) is 19.0. The summed E-state index contributed by atoms with van der Waals surface area (Å²) >= 11 is 0. The third-order valence-corrected chi connectivity index (χ3v) is 4.96. The summed E-state index contributed by atoms with van der Waals surface area (Å²) in [5.74, 6) is -0.145. The Morgan fingerprint density at radius 3 is 2.37 bits per heavy atom. The lowest BCUT2D eigenvalue weighted by Gasteiger charge is -2.27. The number of hydrogen-bond acceptors (Lipinski definition) is 4. The van der Waals surface area contributed by atoms with Crippen LogP contribution in [0.5, 0.6) is 5.75 Å². The molecule has 0 spiro atoms. The highest BCUT2D eigenvalue weighted by Crippen LogP contribution is 2.27. The first-order valence-corrected chi connectivity index (χ1v) is 10.0. The fraction of sp³-hybridized carbons (Fsp3) is 0.240.